The molecule has 0 spiro atoms. The number of aromatic nitrogens is 2. The standard InChI is InChI=1S/C13H12FN3O2/c1-8-10(14)3-2-4-11(8)17-6-9(5-12(17)18)13-15-7-19-16-13/h2-4,7,9H,5-6H2,1H3. The first-order valence-electron chi connectivity index (χ1n) is 5.98. The van der Waals surface area contributed by atoms with Crippen molar-refractivity contribution in [2.75, 3.05) is 11.4 Å². The van der Waals surface area contributed by atoms with Crippen LogP contribution in [-0.2, 0) is 4.79 Å². The lowest BCUT2D eigenvalue weighted by Crippen LogP contribution is -2.25. The fourth-order valence-corrected chi connectivity index (χ4v) is 2.36. The number of hydrogen-bond acceptors (Lipinski definition) is 4. The molecule has 1 unspecified atom stereocenters. The Morgan fingerprint density at radius 2 is 2.32 bits per heavy atom. The number of hydrogen-bond donors (Lipinski definition) is 0. The van der Waals surface area contributed by atoms with E-state index in [4.69, 9.17) is 4.52 Å². The van der Waals surface area contributed by atoms with Crippen LogP contribution in [0.25, 0.3) is 0 Å². The molecule has 1 fully saturated rings. The highest BCUT2D eigenvalue weighted by atomic mass is 19.1. The van der Waals surface area contributed by atoms with Crippen molar-refractivity contribution in [3.8, 4) is 0 Å². The molecular weight excluding hydrogens is 249 g/mol. The summed E-state index contributed by atoms with van der Waals surface area (Å²) in [4.78, 5) is 17.6. The van der Waals surface area contributed by atoms with Crippen molar-refractivity contribution in [3.63, 3.8) is 0 Å². The number of carbonyl (C=O) groups is 1. The summed E-state index contributed by atoms with van der Waals surface area (Å²) in [5.41, 5.74) is 1.08. The molecule has 5 nitrogen and oxygen atoms in total. The summed E-state index contributed by atoms with van der Waals surface area (Å²) in [7, 11) is 0. The first kappa shape index (κ1) is 11.8. The molecule has 98 valence electrons. The van der Waals surface area contributed by atoms with Gasteiger partial charge in [-0.3, -0.25) is 4.79 Å². The van der Waals surface area contributed by atoms with Crippen LogP contribution >= 0.6 is 0 Å². The molecule has 1 aromatic carbocycles. The average molecular weight is 261 g/mol. The lowest BCUT2D eigenvalue weighted by atomic mass is 10.1. The molecule has 1 amide bonds. The number of halogens is 1. The zero-order chi connectivity index (χ0) is 13.4. The zero-order valence-electron chi connectivity index (χ0n) is 10.3. The second-order valence-corrected chi connectivity index (χ2v) is 4.58. The van der Waals surface area contributed by atoms with Crippen LogP contribution in [0, 0.1) is 12.7 Å². The minimum Gasteiger partial charge on any atom is -0.343 e. The van der Waals surface area contributed by atoms with Crippen molar-refractivity contribution in [2.24, 2.45) is 0 Å². The number of amides is 1. The smallest absolute Gasteiger partial charge is 0.227 e. The first-order chi connectivity index (χ1) is 9.16. The van der Waals surface area contributed by atoms with E-state index in [0.717, 1.165) is 0 Å². The Balaban J connectivity index is 1.90. The van der Waals surface area contributed by atoms with Gasteiger partial charge in [-0.25, -0.2) is 4.39 Å². The molecule has 2 heterocycles. The van der Waals surface area contributed by atoms with Crippen LogP contribution in [0.4, 0.5) is 10.1 Å². The molecule has 0 saturated carbocycles. The molecule has 0 N–H and O–H groups in total. The molecule has 1 aromatic heterocycles. The number of nitrogens with zero attached hydrogens (tertiary/aromatic N) is 3. The topological polar surface area (TPSA) is 59.2 Å². The van der Waals surface area contributed by atoms with Crippen molar-refractivity contribution < 1.29 is 13.7 Å². The highest BCUT2D eigenvalue weighted by molar-refractivity contribution is 5.97. The third kappa shape index (κ3) is 1.99. The molecule has 1 aliphatic heterocycles. The Bertz CT molecular complexity index is 612. The van der Waals surface area contributed by atoms with Crippen molar-refractivity contribution in [1.29, 1.82) is 0 Å². The Morgan fingerprint density at radius 3 is 3.05 bits per heavy atom. The summed E-state index contributed by atoms with van der Waals surface area (Å²) in [6.07, 6.45) is 1.56. The minimum absolute atomic E-state index is 0.0523. The van der Waals surface area contributed by atoms with E-state index in [9.17, 15) is 9.18 Å². The van der Waals surface area contributed by atoms with Crippen LogP contribution in [-0.4, -0.2) is 22.6 Å². The van der Waals surface area contributed by atoms with Gasteiger partial charge in [0.1, 0.15) is 5.82 Å². The second kappa shape index (κ2) is 4.46. The third-order valence-corrected chi connectivity index (χ3v) is 3.40. The Hall–Kier alpha value is -2.24. The summed E-state index contributed by atoms with van der Waals surface area (Å²) in [6, 6.07) is 4.73. The maximum absolute atomic E-state index is 13.6. The van der Waals surface area contributed by atoms with Crippen molar-refractivity contribution in [2.45, 2.75) is 19.3 Å². The molecule has 1 saturated heterocycles. The highest BCUT2D eigenvalue weighted by Gasteiger charge is 2.34. The van der Waals surface area contributed by atoms with Gasteiger partial charge in [-0.1, -0.05) is 11.2 Å². The average Bonchev–Trinajstić information content (AvgIpc) is 3.02. The number of rotatable bonds is 2. The number of carbonyl (C=O) groups excluding carboxylic acids is 1. The van der Waals surface area contributed by atoms with Gasteiger partial charge in [0.15, 0.2) is 5.82 Å². The molecule has 0 bridgehead atoms. The van der Waals surface area contributed by atoms with Crippen LogP contribution < -0.4 is 4.90 Å². The van der Waals surface area contributed by atoms with Crippen LogP contribution in [0.3, 0.4) is 0 Å². The van der Waals surface area contributed by atoms with E-state index < -0.39 is 0 Å². The molecule has 0 aliphatic carbocycles. The molecule has 2 aromatic rings. The normalized spacial score (nSPS) is 19.2. The van der Waals surface area contributed by atoms with E-state index >= 15 is 0 Å². The summed E-state index contributed by atoms with van der Waals surface area (Å²) in [5.74, 6) is 0.0515. The maximum Gasteiger partial charge on any atom is 0.227 e. The van der Waals surface area contributed by atoms with Crippen LogP contribution in [0.5, 0.6) is 0 Å². The van der Waals surface area contributed by atoms with E-state index in [2.05, 4.69) is 10.1 Å². The number of benzene rings is 1. The largest absolute Gasteiger partial charge is 0.343 e. The molecule has 6 heteroatoms. The predicted molar refractivity (Wildman–Crippen MR) is 65.1 cm³/mol. The van der Waals surface area contributed by atoms with Gasteiger partial charge in [-0.2, -0.15) is 4.98 Å². The van der Waals surface area contributed by atoms with Gasteiger partial charge >= 0.3 is 0 Å². The van der Waals surface area contributed by atoms with Gasteiger partial charge in [-0.05, 0) is 19.1 Å². The lowest BCUT2D eigenvalue weighted by Gasteiger charge is -2.18. The summed E-state index contributed by atoms with van der Waals surface area (Å²) in [6.45, 7) is 2.11. The molecule has 1 atom stereocenters. The van der Waals surface area contributed by atoms with Gasteiger partial charge in [0.05, 0.1) is 0 Å². The van der Waals surface area contributed by atoms with Crippen LogP contribution in [0.2, 0.25) is 0 Å². The first-order valence-corrected chi connectivity index (χ1v) is 5.98. The minimum atomic E-state index is -0.312. The predicted octanol–water partition coefficient (Wildman–Crippen LogP) is 2.04. The Labute approximate surface area is 109 Å². The van der Waals surface area contributed by atoms with Gasteiger partial charge in [0.2, 0.25) is 12.3 Å². The van der Waals surface area contributed by atoms with Gasteiger partial charge in [0.25, 0.3) is 0 Å². The van der Waals surface area contributed by atoms with E-state index in [0.29, 0.717) is 30.0 Å². The van der Waals surface area contributed by atoms with Gasteiger partial charge < -0.3 is 9.42 Å². The third-order valence-electron chi connectivity index (χ3n) is 3.40. The lowest BCUT2D eigenvalue weighted by molar-refractivity contribution is -0.117. The SMILES string of the molecule is Cc1c(F)cccc1N1CC(c2ncon2)CC1=O. The Morgan fingerprint density at radius 1 is 1.47 bits per heavy atom. The maximum atomic E-state index is 13.6. The van der Waals surface area contributed by atoms with Gasteiger partial charge in [0, 0.05) is 30.1 Å². The van der Waals surface area contributed by atoms with Crippen molar-refractivity contribution >= 4 is 11.6 Å². The van der Waals surface area contributed by atoms with Crippen LogP contribution in [0.15, 0.2) is 29.1 Å². The molecule has 0 radical (unpaired) electrons. The van der Waals surface area contributed by atoms with Crippen molar-refractivity contribution in [3.05, 3.63) is 41.8 Å². The zero-order valence-corrected chi connectivity index (χ0v) is 10.3. The monoisotopic (exact) mass is 261 g/mol. The van der Waals surface area contributed by atoms with Gasteiger partial charge in [-0.15, -0.1) is 0 Å². The van der Waals surface area contributed by atoms with E-state index in [1.165, 1.54) is 12.5 Å². The Kier molecular flexibility index (Phi) is 2.77. The molecule has 1 aliphatic rings. The summed E-state index contributed by atoms with van der Waals surface area (Å²) >= 11 is 0. The second-order valence-electron chi connectivity index (χ2n) is 4.58. The van der Waals surface area contributed by atoms with Crippen molar-refractivity contribution in [1.82, 2.24) is 10.1 Å². The fraction of sp³-hybridized carbons (Fsp3) is 0.308. The summed E-state index contributed by atoms with van der Waals surface area (Å²) in [5, 5.41) is 3.76. The summed E-state index contributed by atoms with van der Waals surface area (Å²) < 4.78 is 18.2. The van der Waals surface area contributed by atoms with E-state index in [-0.39, 0.29) is 17.6 Å². The molecule has 19 heavy (non-hydrogen) atoms. The quantitative estimate of drug-likeness (QED) is 0.830. The van der Waals surface area contributed by atoms with E-state index in [1.54, 1.807) is 24.0 Å². The molecule has 3 rings (SSSR count). The fourth-order valence-electron chi connectivity index (χ4n) is 2.36. The van der Waals surface area contributed by atoms with Crippen LogP contribution in [0.1, 0.15) is 23.7 Å². The number of anilines is 1. The highest BCUT2D eigenvalue weighted by Crippen LogP contribution is 2.32. The molecular formula is C13H12FN3O2. The van der Waals surface area contributed by atoms with E-state index in [1.807, 2.05) is 0 Å².